The van der Waals surface area contributed by atoms with Crippen LogP contribution in [0.15, 0.2) is 34.9 Å². The summed E-state index contributed by atoms with van der Waals surface area (Å²) in [5.74, 6) is 1.23. The Labute approximate surface area is 191 Å². The second-order valence-corrected chi connectivity index (χ2v) is 9.52. The predicted octanol–water partition coefficient (Wildman–Crippen LogP) is 3.64. The molecule has 2 amide bonds. The van der Waals surface area contributed by atoms with E-state index in [9.17, 15) is 9.59 Å². The molecular formula is C24H28N6O3. The highest BCUT2D eigenvalue weighted by Crippen LogP contribution is 2.70. The Morgan fingerprint density at radius 3 is 2.58 bits per heavy atom. The Bertz CT molecular complexity index is 1220. The van der Waals surface area contributed by atoms with Crippen molar-refractivity contribution in [2.24, 2.45) is 11.1 Å². The molecule has 2 saturated carbocycles. The van der Waals surface area contributed by atoms with E-state index in [1.54, 1.807) is 16.8 Å². The summed E-state index contributed by atoms with van der Waals surface area (Å²) in [6.45, 7) is 3.85. The molecule has 5 rings (SSSR count). The summed E-state index contributed by atoms with van der Waals surface area (Å²) in [5, 5.41) is 11.3. The topological polar surface area (TPSA) is 142 Å². The van der Waals surface area contributed by atoms with Gasteiger partial charge in [-0.1, -0.05) is 35.8 Å². The van der Waals surface area contributed by atoms with Gasteiger partial charge < -0.3 is 21.3 Å². The molecule has 2 aromatic heterocycles. The van der Waals surface area contributed by atoms with Gasteiger partial charge in [-0.15, -0.1) is 0 Å². The van der Waals surface area contributed by atoms with Gasteiger partial charge >= 0.3 is 0 Å². The van der Waals surface area contributed by atoms with Gasteiger partial charge in [-0.2, -0.15) is 5.10 Å². The van der Waals surface area contributed by atoms with Crippen molar-refractivity contribution in [2.75, 3.05) is 11.1 Å². The SMILES string of the molecule is CC(C)n1nc(-c2ccc(CC(=O)Nc3cc(C4CC45CCC5)on3)cc2)c(C(N)=O)c1N. The number of primary amides is 1. The van der Waals surface area contributed by atoms with Gasteiger partial charge in [-0.25, -0.2) is 4.68 Å². The quantitative estimate of drug-likeness (QED) is 0.504. The lowest BCUT2D eigenvalue weighted by Gasteiger charge is -2.25. The molecule has 1 atom stereocenters. The summed E-state index contributed by atoms with van der Waals surface area (Å²) >= 11 is 0. The number of hydrogen-bond acceptors (Lipinski definition) is 6. The van der Waals surface area contributed by atoms with Crippen molar-refractivity contribution in [1.82, 2.24) is 14.9 Å². The number of nitrogens with zero attached hydrogens (tertiary/aromatic N) is 3. The van der Waals surface area contributed by atoms with E-state index in [0.29, 0.717) is 28.4 Å². The minimum atomic E-state index is -0.626. The maximum absolute atomic E-state index is 12.5. The zero-order chi connectivity index (χ0) is 23.3. The molecule has 0 radical (unpaired) electrons. The van der Waals surface area contributed by atoms with Gasteiger partial charge in [0.25, 0.3) is 5.91 Å². The Hall–Kier alpha value is -3.62. The van der Waals surface area contributed by atoms with E-state index in [2.05, 4.69) is 15.6 Å². The fourth-order valence-corrected chi connectivity index (χ4v) is 4.88. The van der Waals surface area contributed by atoms with E-state index < -0.39 is 5.91 Å². The first-order valence-corrected chi connectivity index (χ1v) is 11.3. The Balaban J connectivity index is 1.25. The minimum absolute atomic E-state index is 0.0176. The van der Waals surface area contributed by atoms with Gasteiger partial charge in [0, 0.05) is 23.6 Å². The number of benzene rings is 1. The highest BCUT2D eigenvalue weighted by atomic mass is 16.5. The third-order valence-electron chi connectivity index (χ3n) is 6.95. The minimum Gasteiger partial charge on any atom is -0.383 e. The smallest absolute Gasteiger partial charge is 0.254 e. The maximum atomic E-state index is 12.5. The third-order valence-corrected chi connectivity index (χ3v) is 6.95. The van der Waals surface area contributed by atoms with Gasteiger partial charge in [0.15, 0.2) is 5.82 Å². The van der Waals surface area contributed by atoms with E-state index in [4.69, 9.17) is 16.0 Å². The van der Waals surface area contributed by atoms with E-state index in [-0.39, 0.29) is 29.8 Å². The molecule has 9 nitrogen and oxygen atoms in total. The van der Waals surface area contributed by atoms with Crippen molar-refractivity contribution in [2.45, 2.75) is 57.9 Å². The van der Waals surface area contributed by atoms with Crippen LogP contribution in [0.3, 0.4) is 0 Å². The van der Waals surface area contributed by atoms with Crippen LogP contribution in [0.25, 0.3) is 11.3 Å². The van der Waals surface area contributed by atoms with Crippen molar-refractivity contribution < 1.29 is 14.1 Å². The first-order valence-electron chi connectivity index (χ1n) is 11.3. The summed E-state index contributed by atoms with van der Waals surface area (Å²) in [4.78, 5) is 24.5. The molecule has 33 heavy (non-hydrogen) atoms. The summed E-state index contributed by atoms with van der Waals surface area (Å²) in [6, 6.07) is 9.09. The van der Waals surface area contributed by atoms with Crippen LogP contribution in [-0.2, 0) is 11.2 Å². The van der Waals surface area contributed by atoms with E-state index >= 15 is 0 Å². The molecule has 1 unspecified atom stereocenters. The van der Waals surface area contributed by atoms with Crippen molar-refractivity contribution in [3.05, 3.63) is 47.2 Å². The largest absolute Gasteiger partial charge is 0.383 e. The van der Waals surface area contributed by atoms with Crippen LogP contribution in [0.5, 0.6) is 0 Å². The molecule has 2 aliphatic rings. The van der Waals surface area contributed by atoms with Gasteiger partial charge in [0.2, 0.25) is 5.91 Å². The van der Waals surface area contributed by atoms with E-state index in [0.717, 1.165) is 11.3 Å². The summed E-state index contributed by atoms with van der Waals surface area (Å²) < 4.78 is 7.05. The molecule has 2 fully saturated rings. The molecule has 0 bridgehead atoms. The number of carbonyl (C=O) groups is 2. The van der Waals surface area contributed by atoms with Crippen LogP contribution in [0.1, 0.15) is 73.2 Å². The average molecular weight is 449 g/mol. The zero-order valence-corrected chi connectivity index (χ0v) is 18.8. The number of hydrogen-bond donors (Lipinski definition) is 3. The van der Waals surface area contributed by atoms with Crippen LogP contribution in [-0.4, -0.2) is 26.8 Å². The van der Waals surface area contributed by atoms with Crippen LogP contribution in [0, 0.1) is 5.41 Å². The Morgan fingerprint density at radius 1 is 1.27 bits per heavy atom. The maximum Gasteiger partial charge on any atom is 0.254 e. The van der Waals surface area contributed by atoms with Crippen molar-refractivity contribution >= 4 is 23.5 Å². The second-order valence-electron chi connectivity index (χ2n) is 9.52. The van der Waals surface area contributed by atoms with Crippen molar-refractivity contribution in [1.29, 1.82) is 0 Å². The molecule has 1 aromatic carbocycles. The van der Waals surface area contributed by atoms with Crippen LogP contribution in [0.2, 0.25) is 0 Å². The summed E-state index contributed by atoms with van der Waals surface area (Å²) in [7, 11) is 0. The van der Waals surface area contributed by atoms with Gasteiger partial charge in [0.05, 0.1) is 6.42 Å². The van der Waals surface area contributed by atoms with Gasteiger partial charge in [0.1, 0.15) is 22.8 Å². The Morgan fingerprint density at radius 2 is 2.00 bits per heavy atom. The monoisotopic (exact) mass is 448 g/mol. The van der Waals surface area contributed by atoms with E-state index in [1.165, 1.54) is 25.7 Å². The molecule has 172 valence electrons. The lowest BCUT2D eigenvalue weighted by Crippen LogP contribution is -2.15. The summed E-state index contributed by atoms with van der Waals surface area (Å²) in [6.07, 6.45) is 5.17. The fourth-order valence-electron chi connectivity index (χ4n) is 4.88. The standard InChI is InChI=1S/C24H28N6O3/c1-13(2)30-22(25)20(23(26)32)21(28-30)15-6-4-14(5-7-15)10-19(31)27-18-11-17(33-29-18)16-12-24(16)8-3-9-24/h4-7,11,13,16H,3,8-10,12,25H2,1-2H3,(H2,26,32)(H,27,29,31). The molecule has 0 aliphatic heterocycles. The molecule has 9 heteroatoms. The normalized spacial score (nSPS) is 18.3. The number of nitrogens with one attached hydrogen (secondary N) is 1. The number of carbonyl (C=O) groups excluding carboxylic acids is 2. The lowest BCUT2D eigenvalue weighted by atomic mass is 9.79. The first-order chi connectivity index (χ1) is 15.8. The van der Waals surface area contributed by atoms with Crippen molar-refractivity contribution in [3.8, 4) is 11.3 Å². The van der Waals surface area contributed by atoms with Gasteiger partial charge in [-0.05, 0) is 44.1 Å². The summed E-state index contributed by atoms with van der Waals surface area (Å²) in [5.41, 5.74) is 14.2. The molecule has 0 saturated heterocycles. The molecule has 2 aliphatic carbocycles. The highest BCUT2D eigenvalue weighted by molar-refractivity contribution is 6.03. The van der Waals surface area contributed by atoms with Crippen molar-refractivity contribution in [3.63, 3.8) is 0 Å². The predicted molar refractivity (Wildman–Crippen MR) is 123 cm³/mol. The van der Waals surface area contributed by atoms with Crippen LogP contribution >= 0.6 is 0 Å². The Kier molecular flexibility index (Phi) is 4.99. The number of nitrogen functional groups attached to an aromatic ring is 1. The number of amides is 2. The van der Waals surface area contributed by atoms with Gasteiger partial charge in [-0.3, -0.25) is 9.59 Å². The fraction of sp³-hybridized carbons (Fsp3) is 0.417. The zero-order valence-electron chi connectivity index (χ0n) is 18.8. The van der Waals surface area contributed by atoms with Crippen LogP contribution in [0.4, 0.5) is 11.6 Å². The lowest BCUT2D eigenvalue weighted by molar-refractivity contribution is -0.115. The third kappa shape index (κ3) is 3.77. The number of aromatic nitrogens is 3. The number of rotatable bonds is 7. The molecular weight excluding hydrogens is 420 g/mol. The van der Waals surface area contributed by atoms with Crippen LogP contribution < -0.4 is 16.8 Å². The molecule has 5 N–H and O–H groups in total. The second kappa shape index (κ2) is 7.75. The first kappa shape index (κ1) is 21.2. The molecule has 3 aromatic rings. The highest BCUT2D eigenvalue weighted by Gasteiger charge is 2.59. The molecule has 2 heterocycles. The molecule has 1 spiro atoms. The average Bonchev–Trinajstić information content (AvgIpc) is 3.19. The van der Waals surface area contributed by atoms with E-state index in [1.807, 2.05) is 32.0 Å². The number of anilines is 2. The number of nitrogens with two attached hydrogens (primary N) is 2.